The number of carbonyl (C=O) groups excluding carboxylic acids is 2. The van der Waals surface area contributed by atoms with Gasteiger partial charge in [0.2, 0.25) is 15.8 Å². The third-order valence-electron chi connectivity index (χ3n) is 5.19. The first kappa shape index (κ1) is 20.9. The number of sulfonamides is 1. The van der Waals surface area contributed by atoms with Crippen LogP contribution in [0.25, 0.3) is 0 Å². The van der Waals surface area contributed by atoms with Crippen LogP contribution in [0, 0.1) is 6.92 Å². The maximum absolute atomic E-state index is 12.8. The van der Waals surface area contributed by atoms with Crippen molar-refractivity contribution in [1.29, 1.82) is 0 Å². The average Bonchev–Trinajstić information content (AvgIpc) is 3.43. The third kappa shape index (κ3) is 4.12. The van der Waals surface area contributed by atoms with Crippen molar-refractivity contribution in [2.45, 2.75) is 11.8 Å². The molecular weight excluding hydrogens is 430 g/mol. The highest BCUT2D eigenvalue weighted by Crippen LogP contribution is 2.21. The second kappa shape index (κ2) is 8.44. The molecular formula is C18H23N5O5S2. The predicted octanol–water partition coefficient (Wildman–Crippen LogP) is 0.647. The third-order valence-corrected chi connectivity index (χ3v) is 8.01. The van der Waals surface area contributed by atoms with Gasteiger partial charge in [-0.3, -0.25) is 9.59 Å². The Morgan fingerprint density at radius 1 is 1.03 bits per heavy atom. The van der Waals surface area contributed by atoms with E-state index in [9.17, 15) is 18.0 Å². The number of hydrogen-bond acceptors (Lipinski definition) is 7. The first-order chi connectivity index (χ1) is 14.4. The lowest BCUT2D eigenvalue weighted by Gasteiger charge is -2.34. The molecule has 30 heavy (non-hydrogen) atoms. The Morgan fingerprint density at radius 2 is 1.67 bits per heavy atom. The number of aromatic nitrogens is 2. The fourth-order valence-corrected chi connectivity index (χ4v) is 6.06. The van der Waals surface area contributed by atoms with Crippen LogP contribution in [0.4, 0.5) is 0 Å². The molecule has 2 aliphatic heterocycles. The Balaban J connectivity index is 1.38. The largest absolute Gasteiger partial charge is 0.356 e. The normalized spacial score (nSPS) is 18.6. The molecule has 0 atom stereocenters. The number of rotatable bonds is 4. The van der Waals surface area contributed by atoms with Gasteiger partial charge in [0.15, 0.2) is 0 Å². The maximum atomic E-state index is 12.8. The molecule has 0 saturated carbocycles. The summed E-state index contributed by atoms with van der Waals surface area (Å²) in [5.74, 6) is 1.18. The summed E-state index contributed by atoms with van der Waals surface area (Å²) in [6.07, 6.45) is 1.37. The summed E-state index contributed by atoms with van der Waals surface area (Å²) in [4.78, 5) is 31.4. The molecule has 12 heteroatoms. The van der Waals surface area contributed by atoms with Gasteiger partial charge in [0, 0.05) is 63.0 Å². The molecule has 2 aliphatic rings. The second-order valence-electron chi connectivity index (χ2n) is 7.18. The van der Waals surface area contributed by atoms with Crippen molar-refractivity contribution in [3.8, 4) is 0 Å². The molecule has 0 spiro atoms. The summed E-state index contributed by atoms with van der Waals surface area (Å²) in [6, 6.07) is 2.98. The van der Waals surface area contributed by atoms with Crippen LogP contribution in [0.1, 0.15) is 26.7 Å². The molecule has 162 valence electrons. The van der Waals surface area contributed by atoms with Gasteiger partial charge in [-0.05, 0) is 13.0 Å². The number of aryl methyl sites for hydroxylation is 1. The van der Waals surface area contributed by atoms with Gasteiger partial charge < -0.3 is 19.3 Å². The fraction of sp³-hybridized carbons (Fsp3) is 0.500. The van der Waals surface area contributed by atoms with Gasteiger partial charge in [-0.1, -0.05) is 5.16 Å². The van der Waals surface area contributed by atoms with E-state index in [1.54, 1.807) is 34.6 Å². The van der Waals surface area contributed by atoms with Gasteiger partial charge in [0.05, 0.1) is 5.69 Å². The zero-order chi connectivity index (χ0) is 21.3. The number of amides is 2. The lowest BCUT2D eigenvalue weighted by molar-refractivity contribution is 0.0510. The summed E-state index contributed by atoms with van der Waals surface area (Å²) in [5.41, 5.74) is 0.860. The van der Waals surface area contributed by atoms with Gasteiger partial charge in [0.1, 0.15) is 10.6 Å². The molecule has 0 aromatic carbocycles. The standard InChI is InChI=1S/C18H23N5O5S2/c1-13-10-16(28-20-13)18(25)22-4-2-21(3-5-22)17(24)15-11-14(12-19-15)30(26,27)23-6-8-29-9-7-23/h10-12,19H,2-9H2,1H3. The molecule has 2 amide bonds. The van der Waals surface area contributed by atoms with Gasteiger partial charge >= 0.3 is 0 Å². The number of piperazine rings is 1. The van der Waals surface area contributed by atoms with E-state index in [4.69, 9.17) is 4.52 Å². The second-order valence-corrected chi connectivity index (χ2v) is 10.3. The Hall–Kier alpha value is -2.31. The van der Waals surface area contributed by atoms with Crippen molar-refractivity contribution < 1.29 is 22.5 Å². The highest BCUT2D eigenvalue weighted by molar-refractivity contribution is 7.99. The van der Waals surface area contributed by atoms with Gasteiger partial charge in [-0.25, -0.2) is 8.42 Å². The molecule has 1 N–H and O–H groups in total. The Kier molecular flexibility index (Phi) is 5.89. The first-order valence-electron chi connectivity index (χ1n) is 9.64. The highest BCUT2D eigenvalue weighted by atomic mass is 32.2. The van der Waals surface area contributed by atoms with E-state index in [0.29, 0.717) is 45.0 Å². The SMILES string of the molecule is Cc1cc(C(=O)N2CCN(C(=O)c3cc(S(=O)(=O)N4CCSCC4)c[nH]3)CC2)on1. The number of nitrogens with one attached hydrogen (secondary N) is 1. The smallest absolute Gasteiger partial charge is 0.292 e. The van der Waals surface area contributed by atoms with Crippen LogP contribution in [-0.2, 0) is 10.0 Å². The molecule has 2 fully saturated rings. The molecule has 0 aliphatic carbocycles. The molecule has 2 saturated heterocycles. The van der Waals surface area contributed by atoms with Crippen LogP contribution in [0.5, 0.6) is 0 Å². The number of hydrogen-bond donors (Lipinski definition) is 1. The molecule has 0 unspecified atom stereocenters. The number of thioether (sulfide) groups is 1. The van der Waals surface area contributed by atoms with Crippen molar-refractivity contribution in [3.63, 3.8) is 0 Å². The topological polar surface area (TPSA) is 120 Å². The van der Waals surface area contributed by atoms with Crippen molar-refractivity contribution >= 4 is 33.6 Å². The summed E-state index contributed by atoms with van der Waals surface area (Å²) >= 11 is 1.73. The van der Waals surface area contributed by atoms with Crippen LogP contribution >= 0.6 is 11.8 Å². The zero-order valence-electron chi connectivity index (χ0n) is 16.5. The molecule has 2 aromatic heterocycles. The average molecular weight is 454 g/mol. The Labute approximate surface area is 178 Å². The van der Waals surface area contributed by atoms with E-state index in [1.807, 2.05) is 0 Å². The number of nitrogens with zero attached hydrogens (tertiary/aromatic N) is 4. The maximum Gasteiger partial charge on any atom is 0.292 e. The zero-order valence-corrected chi connectivity index (χ0v) is 18.2. The first-order valence-corrected chi connectivity index (χ1v) is 12.2. The summed E-state index contributed by atoms with van der Waals surface area (Å²) in [5, 5.41) is 3.73. The van der Waals surface area contributed by atoms with Crippen LogP contribution in [0.2, 0.25) is 0 Å². The van der Waals surface area contributed by atoms with E-state index in [-0.39, 0.29) is 28.2 Å². The number of carbonyl (C=O) groups is 2. The van der Waals surface area contributed by atoms with Crippen molar-refractivity contribution in [3.05, 3.63) is 35.5 Å². The number of H-pyrrole nitrogens is 1. The lowest BCUT2D eigenvalue weighted by atomic mass is 10.2. The Morgan fingerprint density at radius 3 is 2.27 bits per heavy atom. The van der Waals surface area contributed by atoms with Gasteiger partial charge in [-0.2, -0.15) is 16.1 Å². The molecule has 0 radical (unpaired) electrons. The van der Waals surface area contributed by atoms with Crippen LogP contribution in [0.15, 0.2) is 27.7 Å². The molecule has 4 rings (SSSR count). The molecule has 4 heterocycles. The van der Waals surface area contributed by atoms with Crippen molar-refractivity contribution in [2.75, 3.05) is 50.8 Å². The Bertz CT molecular complexity index is 1030. The highest BCUT2D eigenvalue weighted by Gasteiger charge is 2.30. The lowest BCUT2D eigenvalue weighted by Crippen LogP contribution is -2.50. The summed E-state index contributed by atoms with van der Waals surface area (Å²) in [6.45, 7) is 4.11. The van der Waals surface area contributed by atoms with E-state index in [0.717, 1.165) is 11.5 Å². The van der Waals surface area contributed by atoms with E-state index in [2.05, 4.69) is 10.1 Å². The van der Waals surface area contributed by atoms with Gasteiger partial charge in [-0.15, -0.1) is 0 Å². The van der Waals surface area contributed by atoms with Crippen LogP contribution in [0.3, 0.4) is 0 Å². The van der Waals surface area contributed by atoms with Crippen molar-refractivity contribution in [1.82, 2.24) is 24.2 Å². The minimum atomic E-state index is -3.61. The predicted molar refractivity (Wildman–Crippen MR) is 110 cm³/mol. The van der Waals surface area contributed by atoms with E-state index >= 15 is 0 Å². The van der Waals surface area contributed by atoms with Crippen molar-refractivity contribution in [2.24, 2.45) is 0 Å². The summed E-state index contributed by atoms with van der Waals surface area (Å²) < 4.78 is 32.0. The monoisotopic (exact) mass is 453 g/mol. The van der Waals surface area contributed by atoms with Gasteiger partial charge in [0.25, 0.3) is 11.8 Å². The minimum Gasteiger partial charge on any atom is -0.356 e. The van der Waals surface area contributed by atoms with Crippen LogP contribution < -0.4 is 0 Å². The molecule has 2 aromatic rings. The van der Waals surface area contributed by atoms with Crippen LogP contribution in [-0.4, -0.2) is 95.3 Å². The van der Waals surface area contributed by atoms with E-state index in [1.165, 1.54) is 16.6 Å². The quantitative estimate of drug-likeness (QED) is 0.722. The fourth-order valence-electron chi connectivity index (χ4n) is 3.49. The molecule has 10 nitrogen and oxygen atoms in total. The molecule has 0 bridgehead atoms. The van der Waals surface area contributed by atoms with E-state index < -0.39 is 10.0 Å². The number of aromatic amines is 1. The minimum absolute atomic E-state index is 0.104. The summed E-state index contributed by atoms with van der Waals surface area (Å²) in [7, 11) is -3.61.